The van der Waals surface area contributed by atoms with Gasteiger partial charge in [-0.15, -0.1) is 0 Å². The van der Waals surface area contributed by atoms with Crippen molar-refractivity contribution >= 4 is 6.16 Å². The minimum atomic E-state index is -1.26. The van der Waals surface area contributed by atoms with Crippen LogP contribution in [0.25, 0.3) is 0 Å². The van der Waals surface area contributed by atoms with Crippen LogP contribution in [-0.4, -0.2) is 31.1 Å². The Morgan fingerprint density at radius 2 is 2.33 bits per heavy atom. The first-order valence-electron chi connectivity index (χ1n) is 2.55. The van der Waals surface area contributed by atoms with E-state index in [4.69, 9.17) is 5.11 Å². The fraction of sp³-hybridized carbons (Fsp3) is 0.800. The van der Waals surface area contributed by atoms with Crippen LogP contribution in [0.15, 0.2) is 0 Å². The van der Waals surface area contributed by atoms with E-state index in [0.29, 0.717) is 6.61 Å². The molecule has 4 heteroatoms. The largest absolute Gasteiger partial charge is 0.506 e. The van der Waals surface area contributed by atoms with Crippen LogP contribution in [0.1, 0.15) is 6.92 Å². The highest BCUT2D eigenvalue weighted by atomic mass is 16.7. The normalized spacial score (nSPS) is 12.7. The van der Waals surface area contributed by atoms with Crippen molar-refractivity contribution < 1.29 is 19.4 Å². The molecule has 0 aliphatic heterocycles. The summed E-state index contributed by atoms with van der Waals surface area (Å²) in [5.74, 6) is 0. The predicted molar refractivity (Wildman–Crippen MR) is 30.4 cm³/mol. The van der Waals surface area contributed by atoms with Crippen LogP contribution >= 0.6 is 0 Å². The van der Waals surface area contributed by atoms with Gasteiger partial charge in [-0.05, 0) is 6.92 Å². The zero-order valence-corrected chi connectivity index (χ0v) is 5.46. The lowest BCUT2D eigenvalue weighted by Gasteiger charge is -2.07. The van der Waals surface area contributed by atoms with Gasteiger partial charge in [0, 0.05) is 7.11 Å². The molecule has 0 saturated carbocycles. The molecule has 1 unspecified atom stereocenters. The summed E-state index contributed by atoms with van der Waals surface area (Å²) in [5, 5.41) is 8.03. The second-order valence-corrected chi connectivity index (χ2v) is 1.65. The summed E-state index contributed by atoms with van der Waals surface area (Å²) in [4.78, 5) is 9.81. The molecule has 0 rings (SSSR count). The van der Waals surface area contributed by atoms with Gasteiger partial charge in [-0.1, -0.05) is 0 Å². The molecule has 0 amide bonds. The zero-order valence-electron chi connectivity index (χ0n) is 5.46. The lowest BCUT2D eigenvalue weighted by molar-refractivity contribution is 0.0204. The van der Waals surface area contributed by atoms with Crippen molar-refractivity contribution in [1.29, 1.82) is 0 Å². The van der Waals surface area contributed by atoms with Gasteiger partial charge in [0.1, 0.15) is 6.10 Å². The second-order valence-electron chi connectivity index (χ2n) is 1.65. The second kappa shape index (κ2) is 4.14. The lowest BCUT2D eigenvalue weighted by Crippen LogP contribution is -2.17. The molecule has 0 bridgehead atoms. The maximum absolute atomic E-state index is 9.81. The Balaban J connectivity index is 3.26. The Morgan fingerprint density at radius 1 is 1.78 bits per heavy atom. The smallest absolute Gasteiger partial charge is 0.450 e. The van der Waals surface area contributed by atoms with E-state index in [1.54, 1.807) is 6.92 Å². The molecule has 0 radical (unpaired) electrons. The summed E-state index contributed by atoms with van der Waals surface area (Å²) in [6, 6.07) is 0. The van der Waals surface area contributed by atoms with Crippen molar-refractivity contribution in [2.45, 2.75) is 13.0 Å². The van der Waals surface area contributed by atoms with E-state index in [1.165, 1.54) is 7.11 Å². The van der Waals surface area contributed by atoms with Gasteiger partial charge in [-0.25, -0.2) is 4.79 Å². The van der Waals surface area contributed by atoms with Gasteiger partial charge in [0.25, 0.3) is 0 Å². The topological polar surface area (TPSA) is 55.8 Å². The van der Waals surface area contributed by atoms with Crippen LogP contribution in [0, 0.1) is 0 Å². The van der Waals surface area contributed by atoms with Crippen molar-refractivity contribution in [2.24, 2.45) is 0 Å². The number of carboxylic acid groups (broad SMARTS) is 1. The lowest BCUT2D eigenvalue weighted by atomic mass is 10.4. The van der Waals surface area contributed by atoms with Gasteiger partial charge in [0.2, 0.25) is 0 Å². The maximum Gasteiger partial charge on any atom is 0.506 e. The molecule has 0 aromatic carbocycles. The Morgan fingerprint density at radius 3 is 2.67 bits per heavy atom. The summed E-state index contributed by atoms with van der Waals surface area (Å²) >= 11 is 0. The molecule has 0 aliphatic rings. The summed E-state index contributed by atoms with van der Waals surface area (Å²) < 4.78 is 8.90. The molecular formula is C5H10O4. The van der Waals surface area contributed by atoms with Crippen LogP contribution in [-0.2, 0) is 9.47 Å². The number of carbonyl (C=O) groups is 1. The van der Waals surface area contributed by atoms with Crippen molar-refractivity contribution in [3.05, 3.63) is 0 Å². The summed E-state index contributed by atoms with van der Waals surface area (Å²) in [6.45, 7) is 1.92. The van der Waals surface area contributed by atoms with E-state index in [2.05, 4.69) is 9.47 Å². The quantitative estimate of drug-likeness (QED) is 0.577. The molecule has 1 atom stereocenters. The Bertz CT molecular complexity index is 91.0. The fourth-order valence-corrected chi connectivity index (χ4v) is 0.441. The molecule has 54 valence electrons. The molecule has 0 aromatic rings. The third-order valence-electron chi connectivity index (χ3n) is 0.703. The molecule has 0 saturated heterocycles. The monoisotopic (exact) mass is 134 g/mol. The molecular weight excluding hydrogens is 124 g/mol. The molecule has 0 spiro atoms. The number of hydrogen-bond donors (Lipinski definition) is 1. The third-order valence-corrected chi connectivity index (χ3v) is 0.703. The SMILES string of the molecule is COCC(C)OC(=O)O. The van der Waals surface area contributed by atoms with Gasteiger partial charge in [0.05, 0.1) is 6.61 Å². The van der Waals surface area contributed by atoms with Crippen LogP contribution < -0.4 is 0 Å². The zero-order chi connectivity index (χ0) is 7.28. The van der Waals surface area contributed by atoms with Crippen molar-refractivity contribution in [1.82, 2.24) is 0 Å². The van der Waals surface area contributed by atoms with E-state index in [1.807, 2.05) is 0 Å². The number of rotatable bonds is 3. The summed E-state index contributed by atoms with van der Waals surface area (Å²) in [6.07, 6.45) is -1.65. The fourth-order valence-electron chi connectivity index (χ4n) is 0.441. The van der Waals surface area contributed by atoms with E-state index in [0.717, 1.165) is 0 Å². The van der Waals surface area contributed by atoms with E-state index in [-0.39, 0.29) is 6.10 Å². The molecule has 0 heterocycles. The number of hydrogen-bond acceptors (Lipinski definition) is 3. The minimum Gasteiger partial charge on any atom is -0.450 e. The molecule has 9 heavy (non-hydrogen) atoms. The van der Waals surface area contributed by atoms with E-state index >= 15 is 0 Å². The predicted octanol–water partition coefficient (Wildman–Crippen LogP) is 0.716. The third kappa shape index (κ3) is 5.10. The van der Waals surface area contributed by atoms with Gasteiger partial charge >= 0.3 is 6.16 Å². The maximum atomic E-state index is 9.81. The molecule has 4 nitrogen and oxygen atoms in total. The number of methoxy groups -OCH3 is 1. The highest BCUT2D eigenvalue weighted by Crippen LogP contribution is 1.90. The first-order chi connectivity index (χ1) is 4.16. The Labute approximate surface area is 53.4 Å². The highest BCUT2D eigenvalue weighted by molar-refractivity contribution is 5.56. The molecule has 0 aromatic heterocycles. The minimum absolute atomic E-state index is 0.298. The highest BCUT2D eigenvalue weighted by Gasteiger charge is 2.04. The van der Waals surface area contributed by atoms with E-state index in [9.17, 15) is 4.79 Å². The Hall–Kier alpha value is -0.770. The summed E-state index contributed by atoms with van der Waals surface area (Å²) in [7, 11) is 1.49. The van der Waals surface area contributed by atoms with Crippen molar-refractivity contribution in [2.75, 3.05) is 13.7 Å². The number of ether oxygens (including phenoxy) is 2. The Kier molecular flexibility index (Phi) is 3.79. The average molecular weight is 134 g/mol. The summed E-state index contributed by atoms with van der Waals surface area (Å²) in [5.41, 5.74) is 0. The standard InChI is InChI=1S/C5H10O4/c1-4(3-8-2)9-5(6)7/h4H,3H2,1-2H3,(H,6,7). The van der Waals surface area contributed by atoms with Crippen LogP contribution in [0.4, 0.5) is 4.79 Å². The van der Waals surface area contributed by atoms with Crippen LogP contribution in [0.5, 0.6) is 0 Å². The average Bonchev–Trinajstić information content (AvgIpc) is 1.63. The van der Waals surface area contributed by atoms with Gasteiger partial charge in [-0.2, -0.15) is 0 Å². The first kappa shape index (κ1) is 8.23. The molecule has 0 fully saturated rings. The molecule has 1 N–H and O–H groups in total. The van der Waals surface area contributed by atoms with Crippen LogP contribution in [0.2, 0.25) is 0 Å². The van der Waals surface area contributed by atoms with Gasteiger partial charge in [-0.3, -0.25) is 0 Å². The van der Waals surface area contributed by atoms with Crippen molar-refractivity contribution in [3.63, 3.8) is 0 Å². The van der Waals surface area contributed by atoms with Gasteiger partial charge in [0.15, 0.2) is 0 Å². The van der Waals surface area contributed by atoms with Gasteiger partial charge < -0.3 is 14.6 Å². The molecule has 0 aliphatic carbocycles. The van der Waals surface area contributed by atoms with Crippen LogP contribution in [0.3, 0.4) is 0 Å². The first-order valence-corrected chi connectivity index (χ1v) is 2.55. The van der Waals surface area contributed by atoms with Crippen molar-refractivity contribution in [3.8, 4) is 0 Å². The van der Waals surface area contributed by atoms with E-state index < -0.39 is 6.16 Å².